The lowest BCUT2D eigenvalue weighted by Gasteiger charge is -2.24. The average Bonchev–Trinajstić information content (AvgIpc) is 2.39. The molecule has 0 aromatic heterocycles. The Kier molecular flexibility index (Phi) is 6.73. The van der Waals surface area contributed by atoms with Crippen LogP contribution in [-0.4, -0.2) is 36.7 Å². The molecule has 20 heavy (non-hydrogen) atoms. The highest BCUT2D eigenvalue weighted by Crippen LogP contribution is 2.07. The molecule has 1 rings (SSSR count). The van der Waals surface area contributed by atoms with Gasteiger partial charge in [0, 0.05) is 6.54 Å². The van der Waals surface area contributed by atoms with E-state index in [0.29, 0.717) is 6.54 Å². The van der Waals surface area contributed by atoms with Crippen molar-refractivity contribution in [2.24, 2.45) is 0 Å². The third kappa shape index (κ3) is 5.84. The number of rotatable bonds is 7. The monoisotopic (exact) mass is 279 g/mol. The van der Waals surface area contributed by atoms with E-state index in [4.69, 9.17) is 9.47 Å². The van der Waals surface area contributed by atoms with Crippen LogP contribution < -0.4 is 0 Å². The van der Waals surface area contributed by atoms with Crippen molar-refractivity contribution < 1.29 is 19.1 Å². The summed E-state index contributed by atoms with van der Waals surface area (Å²) in [7, 11) is 1.86. The minimum Gasteiger partial charge on any atom is -0.466 e. The summed E-state index contributed by atoms with van der Waals surface area (Å²) in [5.41, 5.74) is 1.13. The van der Waals surface area contributed by atoms with E-state index in [0.717, 1.165) is 5.56 Å². The minimum atomic E-state index is -0.573. The first kappa shape index (κ1) is 16.2. The Balaban J connectivity index is 2.39. The van der Waals surface area contributed by atoms with Crippen LogP contribution in [0.5, 0.6) is 0 Å². The van der Waals surface area contributed by atoms with Crippen LogP contribution in [0.3, 0.4) is 0 Å². The molecule has 0 amide bonds. The Labute approximate surface area is 119 Å². The quantitative estimate of drug-likeness (QED) is 0.434. The van der Waals surface area contributed by atoms with Crippen molar-refractivity contribution in [3.63, 3.8) is 0 Å². The van der Waals surface area contributed by atoms with Gasteiger partial charge in [-0.3, -0.25) is 14.5 Å². The van der Waals surface area contributed by atoms with Crippen LogP contribution in [0.15, 0.2) is 30.3 Å². The van der Waals surface area contributed by atoms with E-state index in [9.17, 15) is 9.59 Å². The van der Waals surface area contributed by atoms with Crippen molar-refractivity contribution in [2.75, 3.05) is 13.7 Å². The molecule has 0 heterocycles. The SMILES string of the molecule is CCOC(=O)CC(=O)O[C@@H](C)N(C)Cc1ccccc1. The van der Waals surface area contributed by atoms with Gasteiger partial charge in [0.05, 0.1) is 6.61 Å². The molecule has 0 N–H and O–H groups in total. The number of carbonyl (C=O) groups excluding carboxylic acids is 2. The summed E-state index contributed by atoms with van der Waals surface area (Å²) in [5, 5.41) is 0. The zero-order chi connectivity index (χ0) is 15.0. The zero-order valence-electron chi connectivity index (χ0n) is 12.2. The summed E-state index contributed by atoms with van der Waals surface area (Å²) in [6.45, 7) is 4.38. The number of carbonyl (C=O) groups is 2. The smallest absolute Gasteiger partial charge is 0.318 e. The second-order valence-corrected chi connectivity index (χ2v) is 4.47. The molecule has 1 atom stereocenters. The molecule has 110 valence electrons. The normalized spacial score (nSPS) is 12.0. The maximum atomic E-state index is 11.5. The molecule has 0 fully saturated rings. The van der Waals surface area contributed by atoms with Gasteiger partial charge < -0.3 is 9.47 Å². The number of ether oxygens (including phenoxy) is 2. The molecule has 0 aliphatic heterocycles. The molecular formula is C15H21NO4. The van der Waals surface area contributed by atoms with E-state index in [1.54, 1.807) is 13.8 Å². The summed E-state index contributed by atoms with van der Waals surface area (Å²) in [6.07, 6.45) is -0.755. The van der Waals surface area contributed by atoms with Gasteiger partial charge in [0.1, 0.15) is 6.42 Å². The Morgan fingerprint density at radius 3 is 2.45 bits per heavy atom. The summed E-state index contributed by atoms with van der Waals surface area (Å²) < 4.78 is 9.88. The highest BCUT2D eigenvalue weighted by atomic mass is 16.6. The lowest BCUT2D eigenvalue weighted by atomic mass is 10.2. The van der Waals surface area contributed by atoms with Crippen LogP contribution in [-0.2, 0) is 25.6 Å². The molecule has 0 unspecified atom stereocenters. The maximum absolute atomic E-state index is 11.5. The molecule has 5 nitrogen and oxygen atoms in total. The first-order chi connectivity index (χ1) is 9.52. The molecule has 5 heteroatoms. The fraction of sp³-hybridized carbons (Fsp3) is 0.467. The molecule has 0 radical (unpaired) electrons. The Morgan fingerprint density at radius 2 is 1.85 bits per heavy atom. The first-order valence-electron chi connectivity index (χ1n) is 6.62. The molecule has 0 aliphatic carbocycles. The standard InChI is InChI=1S/C15H21NO4/c1-4-19-14(17)10-15(18)20-12(2)16(3)11-13-8-6-5-7-9-13/h5-9,12H,4,10-11H2,1-3H3/t12-/m0/s1. The number of benzene rings is 1. The second-order valence-electron chi connectivity index (χ2n) is 4.47. The lowest BCUT2D eigenvalue weighted by molar-refractivity contribution is -0.162. The van der Waals surface area contributed by atoms with Gasteiger partial charge in [0.2, 0.25) is 0 Å². The van der Waals surface area contributed by atoms with Crippen LogP contribution in [0.1, 0.15) is 25.8 Å². The molecule has 1 aromatic carbocycles. The van der Waals surface area contributed by atoms with Crippen LogP contribution in [0.25, 0.3) is 0 Å². The predicted octanol–water partition coefficient (Wildman–Crippen LogP) is 1.96. The van der Waals surface area contributed by atoms with E-state index < -0.39 is 18.2 Å². The van der Waals surface area contributed by atoms with Crippen LogP contribution in [0, 0.1) is 0 Å². The maximum Gasteiger partial charge on any atom is 0.318 e. The van der Waals surface area contributed by atoms with Gasteiger partial charge in [-0.05, 0) is 26.5 Å². The molecule has 0 aliphatic rings. The largest absolute Gasteiger partial charge is 0.466 e. The number of esters is 2. The van der Waals surface area contributed by atoms with E-state index in [-0.39, 0.29) is 13.0 Å². The molecule has 0 saturated heterocycles. The third-order valence-electron chi connectivity index (χ3n) is 2.79. The predicted molar refractivity (Wildman–Crippen MR) is 74.7 cm³/mol. The van der Waals surface area contributed by atoms with Gasteiger partial charge in [-0.15, -0.1) is 0 Å². The van der Waals surface area contributed by atoms with Gasteiger partial charge in [-0.1, -0.05) is 30.3 Å². The average molecular weight is 279 g/mol. The highest BCUT2D eigenvalue weighted by molar-refractivity contribution is 5.91. The van der Waals surface area contributed by atoms with Gasteiger partial charge in [-0.25, -0.2) is 0 Å². The Hall–Kier alpha value is -1.88. The minimum absolute atomic E-state index is 0.260. The van der Waals surface area contributed by atoms with E-state index in [1.165, 1.54) is 0 Å². The van der Waals surface area contributed by atoms with Gasteiger partial charge in [0.15, 0.2) is 6.23 Å². The van der Waals surface area contributed by atoms with Crippen molar-refractivity contribution in [1.82, 2.24) is 4.90 Å². The molecular weight excluding hydrogens is 258 g/mol. The van der Waals surface area contributed by atoms with Crippen molar-refractivity contribution in [2.45, 2.75) is 33.0 Å². The van der Waals surface area contributed by atoms with Gasteiger partial charge in [0.25, 0.3) is 0 Å². The molecule has 1 aromatic rings. The lowest BCUT2D eigenvalue weighted by Crippen LogP contribution is -2.33. The summed E-state index contributed by atoms with van der Waals surface area (Å²) in [4.78, 5) is 24.6. The molecule has 0 spiro atoms. The summed E-state index contributed by atoms with van der Waals surface area (Å²) in [6, 6.07) is 9.88. The first-order valence-corrected chi connectivity index (χ1v) is 6.62. The van der Waals surface area contributed by atoms with Crippen LogP contribution in [0.2, 0.25) is 0 Å². The van der Waals surface area contributed by atoms with Crippen molar-refractivity contribution >= 4 is 11.9 Å². The number of nitrogens with zero attached hydrogens (tertiary/aromatic N) is 1. The Morgan fingerprint density at radius 1 is 1.20 bits per heavy atom. The zero-order valence-corrected chi connectivity index (χ0v) is 12.2. The van der Waals surface area contributed by atoms with E-state index in [2.05, 4.69) is 0 Å². The van der Waals surface area contributed by atoms with E-state index >= 15 is 0 Å². The summed E-state index contributed by atoms with van der Waals surface area (Å²) >= 11 is 0. The second kappa shape index (κ2) is 8.32. The van der Waals surface area contributed by atoms with Crippen molar-refractivity contribution in [3.8, 4) is 0 Å². The van der Waals surface area contributed by atoms with Crippen molar-refractivity contribution in [3.05, 3.63) is 35.9 Å². The van der Waals surface area contributed by atoms with Crippen LogP contribution >= 0.6 is 0 Å². The fourth-order valence-electron chi connectivity index (χ4n) is 1.65. The third-order valence-corrected chi connectivity index (χ3v) is 2.79. The Bertz CT molecular complexity index is 433. The number of hydrogen-bond acceptors (Lipinski definition) is 5. The highest BCUT2D eigenvalue weighted by Gasteiger charge is 2.17. The molecule has 0 bridgehead atoms. The summed E-state index contributed by atoms with van der Waals surface area (Å²) in [5.74, 6) is -1.13. The fourth-order valence-corrected chi connectivity index (χ4v) is 1.65. The topological polar surface area (TPSA) is 55.8 Å². The van der Waals surface area contributed by atoms with Gasteiger partial charge >= 0.3 is 11.9 Å². The van der Waals surface area contributed by atoms with Crippen LogP contribution in [0.4, 0.5) is 0 Å². The van der Waals surface area contributed by atoms with Gasteiger partial charge in [-0.2, -0.15) is 0 Å². The molecule has 0 saturated carbocycles. The van der Waals surface area contributed by atoms with Crippen molar-refractivity contribution in [1.29, 1.82) is 0 Å². The van der Waals surface area contributed by atoms with E-state index in [1.807, 2.05) is 42.3 Å². The number of hydrogen-bond donors (Lipinski definition) is 0.